The highest BCUT2D eigenvalue weighted by molar-refractivity contribution is 5.99. The van der Waals surface area contributed by atoms with Crippen LogP contribution in [-0.4, -0.2) is 38.2 Å². The Morgan fingerprint density at radius 2 is 2.21 bits per heavy atom. The van der Waals surface area contributed by atoms with Crippen molar-refractivity contribution in [2.75, 3.05) is 18.0 Å². The fourth-order valence-corrected chi connectivity index (χ4v) is 3.43. The predicted octanol–water partition coefficient (Wildman–Crippen LogP) is 2.65. The first-order chi connectivity index (χ1) is 11.7. The summed E-state index contributed by atoms with van der Waals surface area (Å²) in [5.74, 6) is 1.18. The van der Waals surface area contributed by atoms with Gasteiger partial charge in [0.05, 0.1) is 10.3 Å². The summed E-state index contributed by atoms with van der Waals surface area (Å²) in [5.41, 5.74) is 1.09. The normalized spacial score (nSPS) is 18.0. The van der Waals surface area contributed by atoms with E-state index in [1.165, 1.54) is 6.33 Å². The number of hydrogen-bond acceptors (Lipinski definition) is 6. The number of aromatic nitrogens is 4. The largest absolute Gasteiger partial charge is 0.370 e. The Bertz CT molecular complexity index is 879. The van der Waals surface area contributed by atoms with Crippen LogP contribution in [0.3, 0.4) is 0 Å². The van der Waals surface area contributed by atoms with E-state index in [1.807, 2.05) is 12.1 Å². The third-order valence-electron chi connectivity index (χ3n) is 4.55. The molecule has 3 aromatic rings. The molecule has 1 saturated heterocycles. The second-order valence-corrected chi connectivity index (χ2v) is 5.94. The maximum absolute atomic E-state index is 11.3. The van der Waals surface area contributed by atoms with Crippen LogP contribution in [0.25, 0.3) is 10.8 Å². The third kappa shape index (κ3) is 2.45. The van der Waals surface area contributed by atoms with E-state index in [2.05, 4.69) is 25.1 Å². The van der Waals surface area contributed by atoms with Crippen molar-refractivity contribution in [2.24, 2.45) is 0 Å². The molecule has 0 radical (unpaired) electrons. The summed E-state index contributed by atoms with van der Waals surface area (Å²) in [6.45, 7) is 1.73. The number of H-pyrrole nitrogens is 1. The molecule has 0 spiro atoms. The number of nitrogens with zero attached hydrogens (tertiary/aromatic N) is 5. The van der Waals surface area contributed by atoms with Crippen LogP contribution in [-0.2, 0) is 0 Å². The Kier molecular flexibility index (Phi) is 3.56. The lowest BCUT2D eigenvalue weighted by Gasteiger charge is -2.34. The third-order valence-corrected chi connectivity index (χ3v) is 4.55. The van der Waals surface area contributed by atoms with Gasteiger partial charge in [-0.25, -0.2) is 4.98 Å². The number of non-ortho nitro benzene ring substituents is 1. The van der Waals surface area contributed by atoms with Gasteiger partial charge in [-0.2, -0.15) is 5.10 Å². The van der Waals surface area contributed by atoms with Gasteiger partial charge in [0.2, 0.25) is 0 Å². The average Bonchev–Trinajstić information content (AvgIpc) is 3.15. The van der Waals surface area contributed by atoms with Crippen LogP contribution in [0.15, 0.2) is 36.9 Å². The molecule has 1 aromatic carbocycles. The van der Waals surface area contributed by atoms with Crippen molar-refractivity contribution >= 4 is 22.1 Å². The zero-order chi connectivity index (χ0) is 16.5. The van der Waals surface area contributed by atoms with E-state index in [-0.39, 0.29) is 16.5 Å². The molecule has 2 aromatic heterocycles. The lowest BCUT2D eigenvalue weighted by Crippen LogP contribution is -2.34. The molecule has 1 atom stereocenters. The van der Waals surface area contributed by atoms with E-state index >= 15 is 0 Å². The Labute approximate surface area is 137 Å². The lowest BCUT2D eigenvalue weighted by molar-refractivity contribution is -0.383. The monoisotopic (exact) mass is 324 g/mol. The van der Waals surface area contributed by atoms with Gasteiger partial charge in [-0.1, -0.05) is 0 Å². The first kappa shape index (κ1) is 14.6. The molecule has 0 saturated carbocycles. The smallest absolute Gasteiger partial charge is 0.278 e. The van der Waals surface area contributed by atoms with Gasteiger partial charge in [-0.3, -0.25) is 20.2 Å². The molecule has 1 N–H and O–H groups in total. The predicted molar refractivity (Wildman–Crippen MR) is 89.0 cm³/mol. The maximum atomic E-state index is 11.3. The van der Waals surface area contributed by atoms with E-state index in [1.54, 1.807) is 18.5 Å². The van der Waals surface area contributed by atoms with Crippen molar-refractivity contribution in [3.8, 4) is 0 Å². The number of rotatable bonds is 3. The summed E-state index contributed by atoms with van der Waals surface area (Å²) < 4.78 is 0. The molecule has 0 aliphatic carbocycles. The molecular formula is C16H16N6O2. The van der Waals surface area contributed by atoms with Gasteiger partial charge in [-0.05, 0) is 25.0 Å². The first-order valence-corrected chi connectivity index (χ1v) is 7.85. The maximum Gasteiger partial charge on any atom is 0.278 e. The quantitative estimate of drug-likeness (QED) is 0.587. The van der Waals surface area contributed by atoms with Crippen molar-refractivity contribution in [2.45, 2.75) is 18.8 Å². The molecule has 24 heavy (non-hydrogen) atoms. The van der Waals surface area contributed by atoms with Crippen molar-refractivity contribution in [1.29, 1.82) is 0 Å². The summed E-state index contributed by atoms with van der Waals surface area (Å²) in [6, 6.07) is 5.25. The highest BCUT2D eigenvalue weighted by Crippen LogP contribution is 2.36. The summed E-state index contributed by atoms with van der Waals surface area (Å²) >= 11 is 0. The van der Waals surface area contributed by atoms with Crippen LogP contribution in [0.2, 0.25) is 0 Å². The number of hydrogen-bond donors (Lipinski definition) is 1. The Balaban J connectivity index is 1.74. The second kappa shape index (κ2) is 5.88. The van der Waals surface area contributed by atoms with E-state index in [4.69, 9.17) is 0 Å². The fraction of sp³-hybridized carbons (Fsp3) is 0.312. The summed E-state index contributed by atoms with van der Waals surface area (Å²) in [4.78, 5) is 21.5. The molecule has 3 heterocycles. The number of nitro benzene ring substituents is 1. The van der Waals surface area contributed by atoms with Crippen molar-refractivity contribution in [3.63, 3.8) is 0 Å². The molecule has 8 heteroatoms. The summed E-state index contributed by atoms with van der Waals surface area (Å²) in [6.07, 6.45) is 6.86. The molecule has 1 aliphatic rings. The molecule has 8 nitrogen and oxygen atoms in total. The minimum Gasteiger partial charge on any atom is -0.370 e. The van der Waals surface area contributed by atoms with E-state index in [9.17, 15) is 10.1 Å². The Morgan fingerprint density at radius 1 is 1.29 bits per heavy atom. The van der Waals surface area contributed by atoms with Gasteiger partial charge < -0.3 is 4.90 Å². The van der Waals surface area contributed by atoms with Gasteiger partial charge in [0.1, 0.15) is 12.2 Å². The van der Waals surface area contributed by atoms with Gasteiger partial charge >= 0.3 is 0 Å². The van der Waals surface area contributed by atoms with Crippen LogP contribution < -0.4 is 4.90 Å². The minimum absolute atomic E-state index is 0.0886. The number of benzene rings is 1. The van der Waals surface area contributed by atoms with Gasteiger partial charge in [0.25, 0.3) is 5.69 Å². The minimum atomic E-state index is -0.360. The zero-order valence-corrected chi connectivity index (χ0v) is 12.9. The Morgan fingerprint density at radius 3 is 3.00 bits per heavy atom. The second-order valence-electron chi connectivity index (χ2n) is 5.94. The van der Waals surface area contributed by atoms with Crippen LogP contribution in [0, 0.1) is 10.1 Å². The van der Waals surface area contributed by atoms with E-state index < -0.39 is 0 Å². The van der Waals surface area contributed by atoms with E-state index in [0.29, 0.717) is 5.39 Å². The van der Waals surface area contributed by atoms with Crippen LogP contribution in [0.1, 0.15) is 24.6 Å². The van der Waals surface area contributed by atoms with Gasteiger partial charge in [0.15, 0.2) is 0 Å². The number of piperidine rings is 1. The molecule has 1 fully saturated rings. The number of fused-ring (bicyclic) bond motifs is 1. The number of aromatic amines is 1. The highest BCUT2D eigenvalue weighted by atomic mass is 16.6. The molecule has 1 aliphatic heterocycles. The number of anilines is 1. The Hall–Kier alpha value is -3.03. The molecule has 4 rings (SSSR count). The van der Waals surface area contributed by atoms with Crippen molar-refractivity contribution in [3.05, 3.63) is 52.9 Å². The SMILES string of the molecule is O=[N+]([O-])c1ccc(N2CCCC(c3ncn[nH]3)C2)c2ccncc12. The summed E-state index contributed by atoms with van der Waals surface area (Å²) in [7, 11) is 0. The lowest BCUT2D eigenvalue weighted by atomic mass is 9.96. The van der Waals surface area contributed by atoms with Gasteiger partial charge in [-0.15, -0.1) is 0 Å². The number of pyridine rings is 1. The molecule has 0 amide bonds. The fourth-order valence-electron chi connectivity index (χ4n) is 3.43. The molecule has 0 bridgehead atoms. The topological polar surface area (TPSA) is 101 Å². The average molecular weight is 324 g/mol. The summed E-state index contributed by atoms with van der Waals surface area (Å²) in [5, 5.41) is 19.6. The number of nitro groups is 1. The first-order valence-electron chi connectivity index (χ1n) is 7.85. The van der Waals surface area contributed by atoms with Crippen LogP contribution in [0.4, 0.5) is 11.4 Å². The molecule has 122 valence electrons. The van der Waals surface area contributed by atoms with Crippen LogP contribution >= 0.6 is 0 Å². The van der Waals surface area contributed by atoms with Crippen LogP contribution in [0.5, 0.6) is 0 Å². The van der Waals surface area contributed by atoms with E-state index in [0.717, 1.165) is 42.8 Å². The van der Waals surface area contributed by atoms with Crippen molar-refractivity contribution in [1.82, 2.24) is 20.2 Å². The van der Waals surface area contributed by atoms with Gasteiger partial charge in [0, 0.05) is 48.5 Å². The highest BCUT2D eigenvalue weighted by Gasteiger charge is 2.25. The van der Waals surface area contributed by atoms with Crippen molar-refractivity contribution < 1.29 is 4.92 Å². The molecule has 1 unspecified atom stereocenters. The molecular weight excluding hydrogens is 308 g/mol. The number of nitrogens with one attached hydrogen (secondary N) is 1. The zero-order valence-electron chi connectivity index (χ0n) is 12.9. The standard InChI is InChI=1S/C16H16N6O2/c23-22(24)15-4-3-14(12-5-6-17-8-13(12)15)21-7-1-2-11(9-21)16-18-10-19-20-16/h3-6,8,10-11H,1-2,7,9H2,(H,18,19,20).